The Morgan fingerprint density at radius 1 is 1.16 bits per heavy atom. The van der Waals surface area contributed by atoms with Crippen molar-refractivity contribution in [2.75, 3.05) is 0 Å². The van der Waals surface area contributed by atoms with Crippen molar-refractivity contribution in [3.05, 3.63) is 48.3 Å². The predicted molar refractivity (Wildman–Crippen MR) is 62.7 cm³/mol. The molecule has 0 radical (unpaired) electrons. The van der Waals surface area contributed by atoms with Gasteiger partial charge in [0.15, 0.2) is 0 Å². The Bertz CT molecular complexity index is 695. The molecule has 0 saturated heterocycles. The van der Waals surface area contributed by atoms with Crippen LogP contribution in [0.25, 0.3) is 11.1 Å². The molecule has 0 aliphatic rings. The molecule has 1 aromatic carbocycles. The summed E-state index contributed by atoms with van der Waals surface area (Å²) in [7, 11) is -4.17. The van der Waals surface area contributed by atoms with Crippen LogP contribution in [0.1, 0.15) is 10.5 Å². The van der Waals surface area contributed by atoms with Crippen molar-refractivity contribution in [2.45, 2.75) is 0 Å². The van der Waals surface area contributed by atoms with E-state index in [4.69, 9.17) is 5.14 Å². The van der Waals surface area contributed by atoms with Crippen LogP contribution in [-0.4, -0.2) is 18.4 Å². The monoisotopic (exact) mass is 288 g/mol. The SMILES string of the molecule is NS(=O)(=O)n1ccc(-c2ccccc2)c1C(=O)[O-].[Na+]. The molecule has 19 heavy (non-hydrogen) atoms. The first-order chi connectivity index (χ1) is 8.41. The topological polar surface area (TPSA) is 105 Å². The van der Waals surface area contributed by atoms with Crippen LogP contribution in [0.15, 0.2) is 42.6 Å². The van der Waals surface area contributed by atoms with E-state index in [0.717, 1.165) is 6.20 Å². The van der Waals surface area contributed by atoms with Crippen LogP contribution in [0.3, 0.4) is 0 Å². The third-order valence-electron chi connectivity index (χ3n) is 2.40. The first-order valence-electron chi connectivity index (χ1n) is 4.92. The second-order valence-corrected chi connectivity index (χ2v) is 5.00. The molecule has 0 aliphatic heterocycles. The van der Waals surface area contributed by atoms with E-state index in [0.29, 0.717) is 9.54 Å². The number of aromatic carboxylic acids is 1. The largest absolute Gasteiger partial charge is 1.00 e. The molecular formula is C11H9N2NaO4S. The van der Waals surface area contributed by atoms with Crippen LogP contribution in [0.2, 0.25) is 0 Å². The van der Waals surface area contributed by atoms with Crippen molar-refractivity contribution in [1.29, 1.82) is 0 Å². The van der Waals surface area contributed by atoms with E-state index in [-0.39, 0.29) is 35.1 Å². The summed E-state index contributed by atoms with van der Waals surface area (Å²) in [6.07, 6.45) is 1.09. The van der Waals surface area contributed by atoms with E-state index in [9.17, 15) is 18.3 Å². The van der Waals surface area contributed by atoms with Gasteiger partial charge in [-0.25, -0.2) is 9.11 Å². The summed E-state index contributed by atoms with van der Waals surface area (Å²) < 4.78 is 23.0. The number of hydrogen-bond acceptors (Lipinski definition) is 4. The molecule has 0 amide bonds. The van der Waals surface area contributed by atoms with E-state index >= 15 is 0 Å². The molecule has 2 N–H and O–H groups in total. The van der Waals surface area contributed by atoms with E-state index in [1.807, 2.05) is 0 Å². The molecule has 1 heterocycles. The summed E-state index contributed by atoms with van der Waals surface area (Å²) in [4.78, 5) is 11.1. The zero-order valence-corrected chi connectivity index (χ0v) is 12.9. The van der Waals surface area contributed by atoms with Gasteiger partial charge in [0, 0.05) is 11.8 Å². The molecule has 1 aromatic heterocycles. The van der Waals surface area contributed by atoms with Crippen LogP contribution < -0.4 is 39.8 Å². The van der Waals surface area contributed by atoms with Crippen LogP contribution in [0.4, 0.5) is 0 Å². The average molecular weight is 288 g/mol. The molecule has 8 heteroatoms. The number of carboxylic acid groups (broad SMARTS) is 1. The van der Waals surface area contributed by atoms with Gasteiger partial charge in [0.25, 0.3) is 0 Å². The van der Waals surface area contributed by atoms with Crippen molar-refractivity contribution >= 4 is 16.2 Å². The Morgan fingerprint density at radius 3 is 2.21 bits per heavy atom. The van der Waals surface area contributed by atoms with Crippen LogP contribution in [-0.2, 0) is 10.2 Å². The van der Waals surface area contributed by atoms with Crippen molar-refractivity contribution in [3.8, 4) is 11.1 Å². The minimum absolute atomic E-state index is 0. The Morgan fingerprint density at radius 2 is 1.74 bits per heavy atom. The number of benzene rings is 1. The van der Waals surface area contributed by atoms with Gasteiger partial charge in [-0.2, -0.15) is 8.42 Å². The molecule has 0 unspecified atom stereocenters. The van der Waals surface area contributed by atoms with E-state index in [1.165, 1.54) is 6.07 Å². The Kier molecular flexibility index (Phi) is 4.94. The van der Waals surface area contributed by atoms with Gasteiger partial charge in [0.05, 0.1) is 11.7 Å². The maximum atomic E-state index is 11.3. The molecule has 2 aromatic rings. The molecule has 2 rings (SSSR count). The standard InChI is InChI=1S/C11H10N2O4S.Na/c12-18(16,17)13-7-6-9(10(13)11(14)15)8-4-2-1-3-5-8;/h1-7H,(H,14,15)(H2,12,16,17);/q;+1/p-1. The number of carbonyl (C=O) groups excluding carboxylic acids is 1. The summed E-state index contributed by atoms with van der Waals surface area (Å²) in [5.41, 5.74) is 0.326. The van der Waals surface area contributed by atoms with Gasteiger partial charge in [0.2, 0.25) is 0 Å². The van der Waals surface area contributed by atoms with Crippen molar-refractivity contribution in [2.24, 2.45) is 5.14 Å². The van der Waals surface area contributed by atoms with Crippen LogP contribution in [0, 0.1) is 0 Å². The Balaban J connectivity index is 0.00000180. The minimum Gasteiger partial charge on any atom is -0.543 e. The molecule has 0 bridgehead atoms. The van der Waals surface area contributed by atoms with Gasteiger partial charge < -0.3 is 9.90 Å². The molecule has 0 fully saturated rings. The number of carbonyl (C=O) groups is 1. The number of nitrogens with two attached hydrogens (primary N) is 1. The fraction of sp³-hybridized carbons (Fsp3) is 0. The van der Waals surface area contributed by atoms with Gasteiger partial charge in [-0.3, -0.25) is 0 Å². The van der Waals surface area contributed by atoms with Gasteiger partial charge >= 0.3 is 39.8 Å². The third-order valence-corrected chi connectivity index (χ3v) is 3.26. The molecule has 0 spiro atoms. The molecule has 0 atom stereocenters. The minimum atomic E-state index is -4.17. The zero-order valence-electron chi connectivity index (χ0n) is 10.1. The van der Waals surface area contributed by atoms with Crippen LogP contribution in [0.5, 0.6) is 0 Å². The van der Waals surface area contributed by atoms with Gasteiger partial charge in [0.1, 0.15) is 0 Å². The van der Waals surface area contributed by atoms with Crippen LogP contribution >= 0.6 is 0 Å². The fourth-order valence-electron chi connectivity index (χ4n) is 1.68. The smallest absolute Gasteiger partial charge is 0.543 e. The molecule has 94 valence electrons. The van der Waals surface area contributed by atoms with Crippen molar-refractivity contribution < 1.29 is 47.9 Å². The third kappa shape index (κ3) is 3.26. The maximum absolute atomic E-state index is 11.3. The predicted octanol–water partition coefficient (Wildman–Crippen LogP) is -3.43. The number of rotatable bonds is 3. The van der Waals surface area contributed by atoms with E-state index in [2.05, 4.69) is 0 Å². The van der Waals surface area contributed by atoms with Gasteiger partial charge in [-0.05, 0) is 11.6 Å². The van der Waals surface area contributed by atoms with Crippen molar-refractivity contribution in [3.63, 3.8) is 0 Å². The summed E-state index contributed by atoms with van der Waals surface area (Å²) in [6, 6.07) is 9.87. The second-order valence-electron chi connectivity index (χ2n) is 3.57. The second kappa shape index (κ2) is 5.89. The quantitative estimate of drug-likeness (QED) is 0.593. The Labute approximate surface area is 132 Å². The first-order valence-corrected chi connectivity index (χ1v) is 6.43. The number of hydrogen-bond donors (Lipinski definition) is 1. The summed E-state index contributed by atoms with van der Waals surface area (Å²) in [5, 5.41) is 16.0. The maximum Gasteiger partial charge on any atom is 1.00 e. The molecule has 0 aliphatic carbocycles. The van der Waals surface area contributed by atoms with Crippen molar-refractivity contribution in [1.82, 2.24) is 3.97 Å². The number of nitrogens with zero attached hydrogens (tertiary/aromatic N) is 1. The summed E-state index contributed by atoms with van der Waals surface area (Å²) >= 11 is 0. The number of aromatic nitrogens is 1. The summed E-state index contributed by atoms with van der Waals surface area (Å²) in [6.45, 7) is 0. The molecular weight excluding hydrogens is 279 g/mol. The normalized spacial score (nSPS) is 10.8. The average Bonchev–Trinajstić information content (AvgIpc) is 2.74. The molecule has 0 saturated carbocycles. The molecule has 6 nitrogen and oxygen atoms in total. The fourth-order valence-corrected chi connectivity index (χ4v) is 2.33. The summed E-state index contributed by atoms with van der Waals surface area (Å²) in [5.74, 6) is -1.60. The van der Waals surface area contributed by atoms with E-state index in [1.54, 1.807) is 30.3 Å². The zero-order chi connectivity index (χ0) is 13.3. The van der Waals surface area contributed by atoms with Gasteiger partial charge in [-0.15, -0.1) is 0 Å². The number of carboxylic acids is 1. The first kappa shape index (κ1) is 15.9. The van der Waals surface area contributed by atoms with Gasteiger partial charge in [-0.1, -0.05) is 30.3 Å². The Hall–Kier alpha value is -1.12. The van der Waals surface area contributed by atoms with E-state index < -0.39 is 21.9 Å².